The number of nitrogens with zero attached hydrogens (tertiary/aromatic N) is 2. The third-order valence-electron chi connectivity index (χ3n) is 5.79. The molecule has 3 aromatic carbocycles. The van der Waals surface area contributed by atoms with Crippen LogP contribution in [0.1, 0.15) is 28.4 Å². The predicted molar refractivity (Wildman–Crippen MR) is 146 cm³/mol. The minimum absolute atomic E-state index is 0.155. The predicted octanol–water partition coefficient (Wildman–Crippen LogP) is 5.66. The van der Waals surface area contributed by atoms with Crippen LogP contribution in [0.2, 0.25) is 0 Å². The van der Waals surface area contributed by atoms with E-state index >= 15 is 0 Å². The Morgan fingerprint density at radius 2 is 1.68 bits per heavy atom. The van der Waals surface area contributed by atoms with Crippen molar-refractivity contribution in [2.45, 2.75) is 20.8 Å². The van der Waals surface area contributed by atoms with Crippen LogP contribution in [0.5, 0.6) is 5.75 Å². The number of urea groups is 1. The van der Waals surface area contributed by atoms with Crippen LogP contribution in [-0.4, -0.2) is 42.7 Å². The largest absolute Gasteiger partial charge is 0.492 e. The molecule has 0 spiro atoms. The van der Waals surface area contributed by atoms with Gasteiger partial charge in [-0.2, -0.15) is 0 Å². The first-order chi connectivity index (χ1) is 17.7. The second-order valence-electron chi connectivity index (χ2n) is 8.46. The van der Waals surface area contributed by atoms with Gasteiger partial charge in [0.15, 0.2) is 0 Å². The van der Waals surface area contributed by atoms with Crippen LogP contribution in [0.4, 0.5) is 21.9 Å². The summed E-state index contributed by atoms with van der Waals surface area (Å²) in [6.45, 7) is 9.89. The van der Waals surface area contributed by atoms with E-state index in [1.807, 2.05) is 50.2 Å². The quantitative estimate of drug-likeness (QED) is 0.349. The summed E-state index contributed by atoms with van der Waals surface area (Å²) in [6.07, 6.45) is 1.66. The van der Waals surface area contributed by atoms with Crippen molar-refractivity contribution < 1.29 is 24.2 Å². The lowest BCUT2D eigenvalue weighted by molar-refractivity contribution is -0.116. The van der Waals surface area contributed by atoms with Gasteiger partial charge in [-0.1, -0.05) is 24.3 Å². The standard InChI is InChI=1S/C29H31N3O5/c1-5-16-32(29(36)30-26-9-7-6-8-20(26)2)27-15-12-24(19-21(27)3)31(22(4)33)17-18-37-25-13-10-23(11-14-25)28(34)35/h5-15,19H,1,16-18H2,2-4H3,(H,30,36)(H,34,35). The zero-order chi connectivity index (χ0) is 26.9. The van der Waals surface area contributed by atoms with Gasteiger partial charge in [0.2, 0.25) is 5.91 Å². The number of carboxylic acid groups (broad SMARTS) is 1. The normalized spacial score (nSPS) is 10.4. The highest BCUT2D eigenvalue weighted by atomic mass is 16.5. The summed E-state index contributed by atoms with van der Waals surface area (Å²) in [6, 6.07) is 18.8. The van der Waals surface area contributed by atoms with Gasteiger partial charge in [-0.25, -0.2) is 9.59 Å². The molecule has 0 aliphatic carbocycles. The van der Waals surface area contributed by atoms with Crippen molar-refractivity contribution >= 4 is 35.0 Å². The van der Waals surface area contributed by atoms with Crippen molar-refractivity contribution in [3.05, 3.63) is 96.1 Å². The van der Waals surface area contributed by atoms with Crippen molar-refractivity contribution in [1.82, 2.24) is 0 Å². The lowest BCUT2D eigenvalue weighted by atomic mass is 10.1. The number of para-hydroxylation sites is 1. The van der Waals surface area contributed by atoms with E-state index in [1.165, 1.54) is 19.1 Å². The van der Waals surface area contributed by atoms with Gasteiger partial charge in [0.1, 0.15) is 12.4 Å². The summed E-state index contributed by atoms with van der Waals surface area (Å²) in [5.74, 6) is -0.649. The van der Waals surface area contributed by atoms with Crippen molar-refractivity contribution in [2.75, 3.05) is 34.8 Å². The molecule has 0 unspecified atom stereocenters. The summed E-state index contributed by atoms with van der Waals surface area (Å²) >= 11 is 0. The number of carbonyl (C=O) groups is 3. The van der Waals surface area contributed by atoms with E-state index in [-0.39, 0.29) is 24.1 Å². The molecule has 8 nitrogen and oxygen atoms in total. The molecule has 0 fully saturated rings. The molecule has 0 aliphatic heterocycles. The number of aryl methyl sites for hydroxylation is 2. The molecule has 2 N–H and O–H groups in total. The number of carboxylic acids is 1. The Labute approximate surface area is 216 Å². The van der Waals surface area contributed by atoms with E-state index in [2.05, 4.69) is 11.9 Å². The Balaban J connectivity index is 1.73. The van der Waals surface area contributed by atoms with E-state index in [0.717, 1.165) is 16.8 Å². The monoisotopic (exact) mass is 501 g/mol. The Morgan fingerprint density at radius 1 is 0.973 bits per heavy atom. The van der Waals surface area contributed by atoms with Gasteiger partial charge in [0.05, 0.1) is 12.1 Å². The van der Waals surface area contributed by atoms with E-state index in [4.69, 9.17) is 9.84 Å². The highest BCUT2D eigenvalue weighted by Gasteiger charge is 2.19. The maximum absolute atomic E-state index is 13.1. The number of nitrogens with one attached hydrogen (secondary N) is 1. The fourth-order valence-corrected chi connectivity index (χ4v) is 3.84. The SMILES string of the molecule is C=CCN(C(=O)Nc1ccccc1C)c1ccc(N(CCOc2ccc(C(=O)O)cc2)C(C)=O)cc1C. The Kier molecular flexibility index (Phi) is 9.05. The lowest BCUT2D eigenvalue weighted by Crippen LogP contribution is -2.36. The van der Waals surface area contributed by atoms with Crippen LogP contribution >= 0.6 is 0 Å². The molecule has 0 saturated heterocycles. The van der Waals surface area contributed by atoms with Gasteiger partial charge in [-0.05, 0) is 73.5 Å². The van der Waals surface area contributed by atoms with Crippen LogP contribution in [0.25, 0.3) is 0 Å². The molecule has 3 rings (SSSR count). The molecule has 0 saturated carbocycles. The van der Waals surface area contributed by atoms with Crippen molar-refractivity contribution in [3.8, 4) is 5.75 Å². The molecule has 8 heteroatoms. The first-order valence-corrected chi connectivity index (χ1v) is 11.8. The number of anilines is 3. The Bertz CT molecular complexity index is 1290. The van der Waals surface area contributed by atoms with E-state index in [0.29, 0.717) is 30.2 Å². The van der Waals surface area contributed by atoms with Crippen LogP contribution < -0.4 is 19.9 Å². The summed E-state index contributed by atoms with van der Waals surface area (Å²) in [5, 5.41) is 12.0. The van der Waals surface area contributed by atoms with Crippen LogP contribution in [0.15, 0.2) is 79.4 Å². The van der Waals surface area contributed by atoms with Crippen molar-refractivity contribution in [2.24, 2.45) is 0 Å². The van der Waals surface area contributed by atoms with Gasteiger partial charge in [0.25, 0.3) is 0 Å². The average molecular weight is 502 g/mol. The molecule has 0 aromatic heterocycles. The third kappa shape index (κ3) is 6.98. The number of aromatic carboxylic acids is 1. The molecule has 0 bridgehead atoms. The molecule has 0 radical (unpaired) electrons. The molecule has 3 amide bonds. The molecule has 192 valence electrons. The molecule has 0 aliphatic rings. The summed E-state index contributed by atoms with van der Waals surface area (Å²) < 4.78 is 5.71. The van der Waals surface area contributed by atoms with Gasteiger partial charge in [0, 0.05) is 30.5 Å². The summed E-state index contributed by atoms with van der Waals surface area (Å²) in [4.78, 5) is 39.7. The molecule has 37 heavy (non-hydrogen) atoms. The van der Waals surface area contributed by atoms with E-state index in [9.17, 15) is 14.4 Å². The number of ether oxygens (including phenoxy) is 1. The first-order valence-electron chi connectivity index (χ1n) is 11.8. The minimum atomic E-state index is -1.01. The molecule has 0 atom stereocenters. The van der Waals surface area contributed by atoms with E-state index in [1.54, 1.807) is 34.1 Å². The highest BCUT2D eigenvalue weighted by molar-refractivity contribution is 6.03. The maximum Gasteiger partial charge on any atom is 0.335 e. The second kappa shape index (κ2) is 12.4. The van der Waals surface area contributed by atoms with Crippen LogP contribution in [0.3, 0.4) is 0 Å². The zero-order valence-electron chi connectivity index (χ0n) is 21.2. The smallest absolute Gasteiger partial charge is 0.335 e. The fourth-order valence-electron chi connectivity index (χ4n) is 3.84. The van der Waals surface area contributed by atoms with Crippen molar-refractivity contribution in [3.63, 3.8) is 0 Å². The highest BCUT2D eigenvalue weighted by Crippen LogP contribution is 2.27. The molecular formula is C29H31N3O5. The number of hydrogen-bond acceptors (Lipinski definition) is 4. The van der Waals surface area contributed by atoms with Crippen LogP contribution in [-0.2, 0) is 4.79 Å². The molecule has 3 aromatic rings. The first kappa shape index (κ1) is 27.0. The van der Waals surface area contributed by atoms with Crippen LogP contribution in [0, 0.1) is 13.8 Å². The van der Waals surface area contributed by atoms with Gasteiger partial charge in [-0.3, -0.25) is 9.69 Å². The maximum atomic E-state index is 13.1. The third-order valence-corrected chi connectivity index (χ3v) is 5.79. The number of rotatable bonds is 10. The van der Waals surface area contributed by atoms with Crippen molar-refractivity contribution in [1.29, 1.82) is 0 Å². The number of benzene rings is 3. The zero-order valence-corrected chi connectivity index (χ0v) is 21.2. The minimum Gasteiger partial charge on any atom is -0.492 e. The molecule has 0 heterocycles. The second-order valence-corrected chi connectivity index (χ2v) is 8.46. The Morgan fingerprint density at radius 3 is 2.27 bits per heavy atom. The number of amides is 3. The number of hydrogen-bond donors (Lipinski definition) is 2. The van der Waals surface area contributed by atoms with Gasteiger partial charge < -0.3 is 20.1 Å². The van der Waals surface area contributed by atoms with Gasteiger partial charge in [-0.15, -0.1) is 6.58 Å². The summed E-state index contributed by atoms with van der Waals surface area (Å²) in [5.41, 5.74) is 4.06. The summed E-state index contributed by atoms with van der Waals surface area (Å²) in [7, 11) is 0. The average Bonchev–Trinajstić information content (AvgIpc) is 2.87. The Hall–Kier alpha value is -4.59. The van der Waals surface area contributed by atoms with E-state index < -0.39 is 5.97 Å². The molecular weight excluding hydrogens is 470 g/mol. The fraction of sp³-hybridized carbons (Fsp3) is 0.207. The topological polar surface area (TPSA) is 99.2 Å². The lowest BCUT2D eigenvalue weighted by Gasteiger charge is -2.26. The van der Waals surface area contributed by atoms with Gasteiger partial charge >= 0.3 is 12.0 Å². The number of carbonyl (C=O) groups excluding carboxylic acids is 2.